The number of aryl methyl sites for hydroxylation is 1. The van der Waals surface area contributed by atoms with Crippen molar-refractivity contribution >= 4 is 5.52 Å². The number of rotatable bonds is 4. The number of fused-ring (bicyclic) bond motifs is 1. The van der Waals surface area contributed by atoms with Crippen molar-refractivity contribution in [3.05, 3.63) is 35.9 Å². The lowest BCUT2D eigenvalue weighted by Gasteiger charge is -2.03. The number of aromatic nitrogens is 2. The summed E-state index contributed by atoms with van der Waals surface area (Å²) in [7, 11) is 1.98. The lowest BCUT2D eigenvalue weighted by atomic mass is 10.2. The standard InChI is InChI=1S/C12H17N3/c1-3-12-14-9-11-8-10(4-6-13-2)5-7-15(11)12/h5,7-9,13H,3-4,6H2,1-2H3. The second-order valence-electron chi connectivity index (χ2n) is 3.71. The van der Waals surface area contributed by atoms with Gasteiger partial charge in [0.1, 0.15) is 5.82 Å². The molecule has 1 N–H and O–H groups in total. The molecule has 2 heterocycles. The van der Waals surface area contributed by atoms with E-state index in [2.05, 4.69) is 40.0 Å². The van der Waals surface area contributed by atoms with E-state index in [1.54, 1.807) is 0 Å². The van der Waals surface area contributed by atoms with Gasteiger partial charge in [-0.05, 0) is 37.7 Å². The molecule has 0 unspecified atom stereocenters. The first kappa shape index (κ1) is 10.2. The van der Waals surface area contributed by atoms with Crippen molar-refractivity contribution in [1.82, 2.24) is 14.7 Å². The fourth-order valence-electron chi connectivity index (χ4n) is 1.79. The van der Waals surface area contributed by atoms with Crippen LogP contribution in [0.5, 0.6) is 0 Å². The minimum atomic E-state index is 0.976. The number of likely N-dealkylation sites (N-methyl/N-ethyl adjacent to an activating group) is 1. The van der Waals surface area contributed by atoms with Crippen molar-refractivity contribution in [3.63, 3.8) is 0 Å². The van der Waals surface area contributed by atoms with Gasteiger partial charge < -0.3 is 9.72 Å². The highest BCUT2D eigenvalue weighted by molar-refractivity contribution is 5.48. The Morgan fingerprint density at radius 3 is 3.07 bits per heavy atom. The van der Waals surface area contributed by atoms with Gasteiger partial charge in [0, 0.05) is 12.6 Å². The molecule has 0 aliphatic rings. The zero-order chi connectivity index (χ0) is 10.7. The average Bonchev–Trinajstić information content (AvgIpc) is 2.68. The lowest BCUT2D eigenvalue weighted by molar-refractivity contribution is 0.790. The Bertz CT molecular complexity index is 445. The number of hydrogen-bond donors (Lipinski definition) is 1. The van der Waals surface area contributed by atoms with Crippen LogP contribution in [-0.2, 0) is 12.8 Å². The fourth-order valence-corrected chi connectivity index (χ4v) is 1.79. The molecule has 0 aromatic carbocycles. The summed E-state index contributed by atoms with van der Waals surface area (Å²) in [6, 6.07) is 4.38. The molecule has 0 atom stereocenters. The maximum absolute atomic E-state index is 4.38. The molecule has 0 aliphatic heterocycles. The fraction of sp³-hybridized carbons (Fsp3) is 0.417. The molecular formula is C12H17N3. The third kappa shape index (κ3) is 2.02. The number of imidazole rings is 1. The summed E-state index contributed by atoms with van der Waals surface area (Å²) in [4.78, 5) is 4.38. The summed E-state index contributed by atoms with van der Waals surface area (Å²) in [5, 5.41) is 3.16. The highest BCUT2D eigenvalue weighted by Gasteiger charge is 2.01. The summed E-state index contributed by atoms with van der Waals surface area (Å²) in [6.07, 6.45) is 6.11. The predicted octanol–water partition coefficient (Wildman–Crippen LogP) is 1.66. The molecule has 0 aliphatic carbocycles. The molecule has 0 radical (unpaired) electrons. The molecule has 2 aromatic rings. The van der Waals surface area contributed by atoms with Crippen LogP contribution in [0.4, 0.5) is 0 Å². The van der Waals surface area contributed by atoms with Gasteiger partial charge in [-0.3, -0.25) is 0 Å². The van der Waals surface area contributed by atoms with Crippen molar-refractivity contribution < 1.29 is 0 Å². The maximum atomic E-state index is 4.38. The molecule has 0 amide bonds. The molecule has 0 bridgehead atoms. The van der Waals surface area contributed by atoms with Gasteiger partial charge in [-0.1, -0.05) is 6.92 Å². The Balaban J connectivity index is 2.31. The Morgan fingerprint density at radius 2 is 2.33 bits per heavy atom. The van der Waals surface area contributed by atoms with E-state index in [1.807, 2.05) is 13.2 Å². The molecule has 80 valence electrons. The normalized spacial score (nSPS) is 11.1. The van der Waals surface area contributed by atoms with Gasteiger partial charge in [0.2, 0.25) is 0 Å². The van der Waals surface area contributed by atoms with E-state index in [1.165, 1.54) is 11.1 Å². The van der Waals surface area contributed by atoms with E-state index < -0.39 is 0 Å². The smallest absolute Gasteiger partial charge is 0.112 e. The highest BCUT2D eigenvalue weighted by atomic mass is 15.0. The van der Waals surface area contributed by atoms with Crippen molar-refractivity contribution in [2.24, 2.45) is 0 Å². The van der Waals surface area contributed by atoms with Crippen LogP contribution in [0.2, 0.25) is 0 Å². The van der Waals surface area contributed by atoms with Crippen LogP contribution >= 0.6 is 0 Å². The lowest BCUT2D eigenvalue weighted by Crippen LogP contribution is -2.10. The van der Waals surface area contributed by atoms with Crippen molar-refractivity contribution in [2.45, 2.75) is 19.8 Å². The van der Waals surface area contributed by atoms with Gasteiger partial charge in [0.05, 0.1) is 11.7 Å². The average molecular weight is 203 g/mol. The Kier molecular flexibility index (Phi) is 3.02. The molecule has 0 spiro atoms. The summed E-state index contributed by atoms with van der Waals surface area (Å²) in [5.41, 5.74) is 2.56. The zero-order valence-electron chi connectivity index (χ0n) is 9.33. The van der Waals surface area contributed by atoms with Gasteiger partial charge in [-0.25, -0.2) is 4.98 Å². The molecule has 0 fully saturated rings. The minimum Gasteiger partial charge on any atom is -0.319 e. The number of pyridine rings is 1. The largest absolute Gasteiger partial charge is 0.319 e. The molecule has 3 heteroatoms. The van der Waals surface area contributed by atoms with Gasteiger partial charge in [-0.2, -0.15) is 0 Å². The molecular weight excluding hydrogens is 186 g/mol. The van der Waals surface area contributed by atoms with Gasteiger partial charge in [0.25, 0.3) is 0 Å². The first-order valence-corrected chi connectivity index (χ1v) is 5.44. The Hall–Kier alpha value is -1.35. The number of nitrogens with one attached hydrogen (secondary N) is 1. The van der Waals surface area contributed by atoms with Crippen LogP contribution in [0.3, 0.4) is 0 Å². The molecule has 15 heavy (non-hydrogen) atoms. The van der Waals surface area contributed by atoms with Crippen molar-refractivity contribution in [1.29, 1.82) is 0 Å². The quantitative estimate of drug-likeness (QED) is 0.819. The van der Waals surface area contributed by atoms with Crippen molar-refractivity contribution in [3.8, 4) is 0 Å². The second kappa shape index (κ2) is 4.45. The van der Waals surface area contributed by atoms with E-state index >= 15 is 0 Å². The molecule has 0 saturated heterocycles. The number of hydrogen-bond acceptors (Lipinski definition) is 2. The van der Waals surface area contributed by atoms with Gasteiger partial charge in [-0.15, -0.1) is 0 Å². The first-order valence-electron chi connectivity index (χ1n) is 5.44. The van der Waals surface area contributed by atoms with E-state index in [9.17, 15) is 0 Å². The van der Waals surface area contributed by atoms with Gasteiger partial charge in [0.15, 0.2) is 0 Å². The summed E-state index contributed by atoms with van der Waals surface area (Å²) < 4.78 is 2.16. The zero-order valence-corrected chi connectivity index (χ0v) is 9.33. The van der Waals surface area contributed by atoms with Crippen LogP contribution < -0.4 is 5.32 Å². The predicted molar refractivity (Wildman–Crippen MR) is 62.2 cm³/mol. The topological polar surface area (TPSA) is 29.3 Å². The van der Waals surface area contributed by atoms with E-state index in [0.29, 0.717) is 0 Å². The van der Waals surface area contributed by atoms with Crippen LogP contribution in [0.15, 0.2) is 24.5 Å². The van der Waals surface area contributed by atoms with Crippen LogP contribution in [0.1, 0.15) is 18.3 Å². The van der Waals surface area contributed by atoms with Crippen LogP contribution in [0.25, 0.3) is 5.52 Å². The Labute approximate surface area is 90.1 Å². The monoisotopic (exact) mass is 203 g/mol. The maximum Gasteiger partial charge on any atom is 0.112 e. The molecule has 3 nitrogen and oxygen atoms in total. The number of nitrogens with zero attached hydrogens (tertiary/aromatic N) is 2. The van der Waals surface area contributed by atoms with Crippen LogP contribution in [0, 0.1) is 0 Å². The summed E-state index contributed by atoms with van der Waals surface area (Å²) in [5.74, 6) is 1.13. The molecule has 0 saturated carbocycles. The SMILES string of the molecule is CCc1ncc2cc(CCNC)ccn12. The van der Waals surface area contributed by atoms with Crippen molar-refractivity contribution in [2.75, 3.05) is 13.6 Å². The second-order valence-corrected chi connectivity index (χ2v) is 3.71. The van der Waals surface area contributed by atoms with E-state index in [0.717, 1.165) is 25.2 Å². The molecule has 2 rings (SSSR count). The Morgan fingerprint density at radius 1 is 1.47 bits per heavy atom. The molecule has 2 aromatic heterocycles. The minimum absolute atomic E-state index is 0.976. The third-order valence-corrected chi connectivity index (χ3v) is 2.65. The summed E-state index contributed by atoms with van der Waals surface area (Å²) >= 11 is 0. The highest BCUT2D eigenvalue weighted by Crippen LogP contribution is 2.10. The van der Waals surface area contributed by atoms with E-state index in [4.69, 9.17) is 0 Å². The van der Waals surface area contributed by atoms with E-state index in [-0.39, 0.29) is 0 Å². The third-order valence-electron chi connectivity index (χ3n) is 2.65. The van der Waals surface area contributed by atoms with Crippen LogP contribution in [-0.4, -0.2) is 23.0 Å². The summed E-state index contributed by atoms with van der Waals surface area (Å²) in [6.45, 7) is 3.15. The van der Waals surface area contributed by atoms with Gasteiger partial charge >= 0.3 is 0 Å². The first-order chi connectivity index (χ1) is 7.35.